The van der Waals surface area contributed by atoms with E-state index in [1.165, 1.54) is 6.92 Å². The van der Waals surface area contributed by atoms with Crippen molar-refractivity contribution in [3.63, 3.8) is 0 Å². The van der Waals surface area contributed by atoms with Gasteiger partial charge in [-0.15, -0.1) is 10.2 Å². The first-order valence-electron chi connectivity index (χ1n) is 7.18. The summed E-state index contributed by atoms with van der Waals surface area (Å²) < 4.78 is 10.2. The third-order valence-electron chi connectivity index (χ3n) is 2.96. The molecule has 1 aromatic carbocycles. The van der Waals surface area contributed by atoms with Crippen molar-refractivity contribution in [1.29, 1.82) is 5.26 Å². The Hall–Kier alpha value is -2.83. The van der Waals surface area contributed by atoms with Gasteiger partial charge in [-0.25, -0.2) is 0 Å². The number of hydrogen-bond donors (Lipinski definition) is 1. The van der Waals surface area contributed by atoms with E-state index in [0.29, 0.717) is 10.6 Å². The Morgan fingerprint density at radius 2 is 2.04 bits per heavy atom. The smallest absolute Gasteiger partial charge is 0.316 e. The van der Waals surface area contributed by atoms with Gasteiger partial charge < -0.3 is 14.9 Å². The molecule has 0 atom stereocenters. The number of rotatable bonds is 7. The summed E-state index contributed by atoms with van der Waals surface area (Å²) in [5.74, 6) is -1.17. The highest BCUT2D eigenvalue weighted by atomic mass is 35.5. The Kier molecular flexibility index (Phi) is 6.77. The predicted molar refractivity (Wildman–Crippen MR) is 93.9 cm³/mol. The number of nitrogens with zero attached hydrogens (tertiary/aromatic N) is 3. The van der Waals surface area contributed by atoms with Gasteiger partial charge in [-0.1, -0.05) is 23.4 Å². The normalized spacial score (nSPS) is 11.4. The fourth-order valence-electron chi connectivity index (χ4n) is 1.73. The maximum absolute atomic E-state index is 11.7. The molecule has 0 aliphatic rings. The van der Waals surface area contributed by atoms with E-state index in [4.69, 9.17) is 31.8 Å². The first-order valence-corrected chi connectivity index (χ1v) is 8.54. The monoisotopic (exact) mass is 392 g/mol. The van der Waals surface area contributed by atoms with E-state index in [0.717, 1.165) is 11.8 Å². The highest BCUT2D eigenvalue weighted by Crippen LogP contribution is 2.24. The number of nitrogens with two attached hydrogens (primary N) is 1. The summed E-state index contributed by atoms with van der Waals surface area (Å²) in [6.45, 7) is 0.860. The molecule has 0 amide bonds. The molecule has 2 rings (SSSR count). The van der Waals surface area contributed by atoms with Crippen LogP contribution in [0.5, 0.6) is 0 Å². The van der Waals surface area contributed by atoms with Gasteiger partial charge in [0.1, 0.15) is 17.4 Å². The largest absolute Gasteiger partial charge is 0.457 e. The molecule has 1 heterocycles. The maximum atomic E-state index is 11.7. The standard InChI is InChI=1S/C16H13ClN4O4S/c1-9(19)12(6-18)13(22)7-24-14(23)8-26-16-21-20-15(25-16)10-2-4-11(17)5-3-10/h2-5H,7-8,19H2,1H3/b12-9-. The van der Waals surface area contributed by atoms with Crippen molar-refractivity contribution in [2.75, 3.05) is 12.4 Å². The molecule has 0 unspecified atom stereocenters. The molecule has 2 N–H and O–H groups in total. The Morgan fingerprint density at radius 1 is 1.35 bits per heavy atom. The molecule has 134 valence electrons. The average Bonchev–Trinajstić information content (AvgIpc) is 3.08. The van der Waals surface area contributed by atoms with Crippen molar-refractivity contribution < 1.29 is 18.7 Å². The highest BCUT2D eigenvalue weighted by molar-refractivity contribution is 7.99. The quantitative estimate of drug-likeness (QED) is 0.326. The molecule has 0 fully saturated rings. The van der Waals surface area contributed by atoms with E-state index in [2.05, 4.69) is 10.2 Å². The minimum atomic E-state index is -0.665. The van der Waals surface area contributed by atoms with Crippen LogP contribution in [-0.4, -0.2) is 34.3 Å². The second kappa shape index (κ2) is 9.03. The Bertz CT molecular complexity index is 882. The summed E-state index contributed by atoms with van der Waals surface area (Å²) >= 11 is 6.78. The second-order valence-corrected chi connectivity index (χ2v) is 6.29. The zero-order chi connectivity index (χ0) is 19.1. The van der Waals surface area contributed by atoms with Gasteiger partial charge in [0.2, 0.25) is 11.7 Å². The minimum Gasteiger partial charge on any atom is -0.457 e. The van der Waals surface area contributed by atoms with Crippen LogP contribution < -0.4 is 5.73 Å². The number of Topliss-reactive ketones (excluding diaryl/α,β-unsaturated/α-hetero) is 1. The molecule has 0 saturated heterocycles. The number of carbonyl (C=O) groups excluding carboxylic acids is 2. The summed E-state index contributed by atoms with van der Waals surface area (Å²) in [5.41, 5.74) is 5.94. The van der Waals surface area contributed by atoms with Gasteiger partial charge in [0.05, 0.1) is 0 Å². The van der Waals surface area contributed by atoms with Crippen LogP contribution in [0.15, 0.2) is 45.2 Å². The van der Waals surface area contributed by atoms with Gasteiger partial charge in [-0.05, 0) is 31.2 Å². The zero-order valence-electron chi connectivity index (χ0n) is 13.6. The van der Waals surface area contributed by atoms with E-state index < -0.39 is 18.4 Å². The Morgan fingerprint density at radius 3 is 2.65 bits per heavy atom. The number of benzene rings is 1. The minimum absolute atomic E-state index is 0.0727. The SMILES string of the molecule is C/C(N)=C(\C#N)C(=O)COC(=O)CSc1nnc(-c2ccc(Cl)cc2)o1. The Balaban J connectivity index is 1.85. The fraction of sp³-hybridized carbons (Fsp3) is 0.188. The van der Waals surface area contributed by atoms with Gasteiger partial charge in [0, 0.05) is 16.3 Å². The number of thioether (sulfide) groups is 1. The van der Waals surface area contributed by atoms with Crippen LogP contribution in [0.2, 0.25) is 5.02 Å². The van der Waals surface area contributed by atoms with Crippen molar-refractivity contribution in [1.82, 2.24) is 10.2 Å². The summed E-state index contributed by atoms with van der Waals surface area (Å²) in [7, 11) is 0. The maximum Gasteiger partial charge on any atom is 0.316 e. The van der Waals surface area contributed by atoms with Crippen molar-refractivity contribution in [2.24, 2.45) is 5.73 Å². The van der Waals surface area contributed by atoms with Gasteiger partial charge >= 0.3 is 5.97 Å². The zero-order valence-corrected chi connectivity index (χ0v) is 15.1. The van der Waals surface area contributed by atoms with E-state index in [9.17, 15) is 9.59 Å². The van der Waals surface area contributed by atoms with Crippen molar-refractivity contribution in [2.45, 2.75) is 12.1 Å². The lowest BCUT2D eigenvalue weighted by Gasteiger charge is -2.03. The van der Waals surface area contributed by atoms with Crippen LogP contribution in [0, 0.1) is 11.3 Å². The van der Waals surface area contributed by atoms with E-state index in [-0.39, 0.29) is 28.1 Å². The summed E-state index contributed by atoms with van der Waals surface area (Å²) in [6, 6.07) is 8.50. The average molecular weight is 393 g/mol. The lowest BCUT2D eigenvalue weighted by Crippen LogP contribution is -2.18. The molecular formula is C16H13ClN4O4S. The summed E-state index contributed by atoms with van der Waals surface area (Å²) in [4.78, 5) is 23.4. The van der Waals surface area contributed by atoms with Gasteiger partial charge in [0.25, 0.3) is 5.22 Å². The first-order chi connectivity index (χ1) is 12.4. The molecule has 0 radical (unpaired) electrons. The number of aromatic nitrogens is 2. The van der Waals surface area contributed by atoms with Crippen molar-refractivity contribution >= 4 is 35.1 Å². The molecule has 26 heavy (non-hydrogen) atoms. The molecule has 0 aliphatic carbocycles. The first kappa shape index (κ1) is 19.5. The topological polar surface area (TPSA) is 132 Å². The third kappa shape index (κ3) is 5.34. The fourth-order valence-corrected chi connectivity index (χ4v) is 2.42. The number of ketones is 1. The Labute approximate surface area is 158 Å². The second-order valence-electron chi connectivity index (χ2n) is 4.92. The van der Waals surface area contributed by atoms with Gasteiger partial charge in [0.15, 0.2) is 6.61 Å². The van der Waals surface area contributed by atoms with Gasteiger partial charge in [-0.2, -0.15) is 5.26 Å². The predicted octanol–water partition coefficient (Wildman–Crippen LogP) is 2.35. The van der Waals surface area contributed by atoms with E-state index in [1.807, 2.05) is 0 Å². The summed E-state index contributed by atoms with van der Waals surface area (Å²) in [6.07, 6.45) is 0. The van der Waals surface area contributed by atoms with Crippen LogP contribution in [0.1, 0.15) is 6.92 Å². The van der Waals surface area contributed by atoms with Crippen molar-refractivity contribution in [3.8, 4) is 17.5 Å². The van der Waals surface area contributed by atoms with E-state index in [1.54, 1.807) is 30.3 Å². The number of ether oxygens (including phenoxy) is 1. The van der Waals surface area contributed by atoms with Crippen LogP contribution in [0.4, 0.5) is 0 Å². The lowest BCUT2D eigenvalue weighted by molar-refractivity contribution is -0.144. The molecule has 8 nitrogen and oxygen atoms in total. The highest BCUT2D eigenvalue weighted by Gasteiger charge is 2.16. The molecule has 1 aromatic heterocycles. The number of nitriles is 1. The molecule has 0 aliphatic heterocycles. The number of allylic oxidation sites excluding steroid dienone is 1. The lowest BCUT2D eigenvalue weighted by atomic mass is 10.1. The van der Waals surface area contributed by atoms with Gasteiger partial charge in [-0.3, -0.25) is 9.59 Å². The summed E-state index contributed by atoms with van der Waals surface area (Å²) in [5, 5.41) is 17.3. The van der Waals surface area contributed by atoms with Crippen LogP contribution in [0.25, 0.3) is 11.5 Å². The number of esters is 1. The molecule has 10 heteroatoms. The number of halogens is 1. The molecular weight excluding hydrogens is 380 g/mol. The van der Waals surface area contributed by atoms with Crippen LogP contribution in [-0.2, 0) is 14.3 Å². The molecule has 0 saturated carbocycles. The molecule has 2 aromatic rings. The molecule has 0 bridgehead atoms. The molecule has 0 spiro atoms. The number of carbonyl (C=O) groups is 2. The van der Waals surface area contributed by atoms with Crippen LogP contribution >= 0.6 is 23.4 Å². The number of hydrogen-bond acceptors (Lipinski definition) is 9. The third-order valence-corrected chi connectivity index (χ3v) is 4.00. The van der Waals surface area contributed by atoms with Crippen LogP contribution in [0.3, 0.4) is 0 Å². The van der Waals surface area contributed by atoms with E-state index >= 15 is 0 Å². The van der Waals surface area contributed by atoms with Crippen molar-refractivity contribution in [3.05, 3.63) is 40.6 Å².